The zero-order valence-corrected chi connectivity index (χ0v) is 19.8. The number of aryl methyl sites for hydroxylation is 1. The molecular formula is C28H30N4O3. The van der Waals surface area contributed by atoms with Crippen molar-refractivity contribution in [3.63, 3.8) is 0 Å². The molecule has 0 atom stereocenters. The second-order valence-corrected chi connectivity index (χ2v) is 8.76. The second kappa shape index (κ2) is 11.3. The molecule has 7 heteroatoms. The highest BCUT2D eigenvalue weighted by molar-refractivity contribution is 5.97. The van der Waals surface area contributed by atoms with Crippen LogP contribution in [0, 0.1) is 12.8 Å². The van der Waals surface area contributed by atoms with E-state index in [0.717, 1.165) is 35.3 Å². The SMILES string of the molecule is Cc1c(NCC(=O)Nc2cccc(NC(=O)CCc3ccccc3)c2)cccc1NC(=O)C1CC1. The van der Waals surface area contributed by atoms with Gasteiger partial charge >= 0.3 is 0 Å². The number of amides is 3. The summed E-state index contributed by atoms with van der Waals surface area (Å²) in [7, 11) is 0. The van der Waals surface area contributed by atoms with Crippen molar-refractivity contribution in [2.24, 2.45) is 5.92 Å². The van der Waals surface area contributed by atoms with Crippen molar-refractivity contribution in [2.75, 3.05) is 27.8 Å². The molecule has 1 aliphatic carbocycles. The Kier molecular flexibility index (Phi) is 7.77. The molecule has 3 amide bonds. The third-order valence-corrected chi connectivity index (χ3v) is 5.89. The Morgan fingerprint density at radius 1 is 0.771 bits per heavy atom. The van der Waals surface area contributed by atoms with E-state index in [1.54, 1.807) is 24.3 Å². The molecule has 0 heterocycles. The summed E-state index contributed by atoms with van der Waals surface area (Å²) in [6.45, 7) is 1.97. The van der Waals surface area contributed by atoms with Gasteiger partial charge in [0.05, 0.1) is 6.54 Å². The molecule has 0 bridgehead atoms. The van der Waals surface area contributed by atoms with Gasteiger partial charge in [-0.15, -0.1) is 0 Å². The van der Waals surface area contributed by atoms with Crippen molar-refractivity contribution >= 4 is 40.5 Å². The van der Waals surface area contributed by atoms with Crippen LogP contribution in [0.2, 0.25) is 0 Å². The van der Waals surface area contributed by atoms with Crippen molar-refractivity contribution in [1.82, 2.24) is 0 Å². The van der Waals surface area contributed by atoms with Crippen LogP contribution in [-0.2, 0) is 20.8 Å². The molecule has 0 aliphatic heterocycles. The molecule has 1 fully saturated rings. The molecule has 3 aromatic carbocycles. The summed E-state index contributed by atoms with van der Waals surface area (Å²) in [6, 6.07) is 22.5. The van der Waals surface area contributed by atoms with Crippen LogP contribution in [0.5, 0.6) is 0 Å². The molecule has 3 aromatic rings. The minimum absolute atomic E-state index is 0.0510. The Hall–Kier alpha value is -4.13. The summed E-state index contributed by atoms with van der Waals surface area (Å²) in [5.74, 6) is -0.122. The molecule has 1 saturated carbocycles. The van der Waals surface area contributed by atoms with E-state index in [1.807, 2.05) is 55.5 Å². The zero-order chi connectivity index (χ0) is 24.6. The summed E-state index contributed by atoms with van der Waals surface area (Å²) in [5.41, 5.74) is 4.76. The van der Waals surface area contributed by atoms with Crippen molar-refractivity contribution in [1.29, 1.82) is 0 Å². The Balaban J connectivity index is 1.26. The van der Waals surface area contributed by atoms with Gasteiger partial charge in [-0.2, -0.15) is 0 Å². The number of rotatable bonds is 10. The quantitative estimate of drug-likeness (QED) is 0.336. The van der Waals surface area contributed by atoms with E-state index in [4.69, 9.17) is 0 Å². The van der Waals surface area contributed by atoms with Crippen LogP contribution >= 0.6 is 0 Å². The van der Waals surface area contributed by atoms with Crippen LogP contribution in [0.1, 0.15) is 30.4 Å². The predicted molar refractivity (Wildman–Crippen MR) is 139 cm³/mol. The monoisotopic (exact) mass is 470 g/mol. The molecule has 7 nitrogen and oxygen atoms in total. The molecule has 0 unspecified atom stereocenters. The fourth-order valence-electron chi connectivity index (χ4n) is 3.72. The Labute approximate surface area is 205 Å². The molecule has 180 valence electrons. The molecule has 0 saturated heterocycles. The van der Waals surface area contributed by atoms with Gasteiger partial charge < -0.3 is 21.3 Å². The average molecular weight is 471 g/mol. The van der Waals surface area contributed by atoms with Crippen LogP contribution in [0.3, 0.4) is 0 Å². The number of carbonyl (C=O) groups is 3. The highest BCUT2D eigenvalue weighted by Crippen LogP contribution is 2.31. The third kappa shape index (κ3) is 7.17. The first kappa shape index (κ1) is 24.0. The van der Waals surface area contributed by atoms with Gasteiger partial charge in [-0.25, -0.2) is 0 Å². The van der Waals surface area contributed by atoms with Gasteiger partial charge in [-0.1, -0.05) is 42.5 Å². The Bertz CT molecular complexity index is 1210. The molecule has 4 N–H and O–H groups in total. The largest absolute Gasteiger partial charge is 0.376 e. The highest BCUT2D eigenvalue weighted by Gasteiger charge is 2.29. The summed E-state index contributed by atoms with van der Waals surface area (Å²) in [5, 5.41) is 11.8. The van der Waals surface area contributed by atoms with Gasteiger partial charge in [0.25, 0.3) is 0 Å². The summed E-state index contributed by atoms with van der Waals surface area (Å²) in [6.07, 6.45) is 2.94. The number of carbonyl (C=O) groups excluding carboxylic acids is 3. The van der Waals surface area contributed by atoms with Crippen molar-refractivity contribution in [3.05, 3.63) is 83.9 Å². The normalized spacial score (nSPS) is 12.5. The lowest BCUT2D eigenvalue weighted by atomic mass is 10.1. The van der Waals surface area contributed by atoms with E-state index >= 15 is 0 Å². The second-order valence-electron chi connectivity index (χ2n) is 8.76. The van der Waals surface area contributed by atoms with Crippen LogP contribution in [0.15, 0.2) is 72.8 Å². The Morgan fingerprint density at radius 3 is 2.14 bits per heavy atom. The van der Waals surface area contributed by atoms with Gasteiger partial charge in [-0.3, -0.25) is 14.4 Å². The van der Waals surface area contributed by atoms with Crippen LogP contribution in [0.4, 0.5) is 22.7 Å². The maximum atomic E-state index is 12.5. The van der Waals surface area contributed by atoms with Crippen LogP contribution < -0.4 is 21.3 Å². The third-order valence-electron chi connectivity index (χ3n) is 5.89. The zero-order valence-electron chi connectivity index (χ0n) is 19.8. The van der Waals surface area contributed by atoms with Crippen molar-refractivity contribution in [2.45, 2.75) is 32.6 Å². The molecule has 0 radical (unpaired) electrons. The maximum Gasteiger partial charge on any atom is 0.243 e. The van der Waals surface area contributed by atoms with Crippen molar-refractivity contribution < 1.29 is 14.4 Å². The fraction of sp³-hybridized carbons (Fsp3) is 0.250. The summed E-state index contributed by atoms with van der Waals surface area (Å²) < 4.78 is 0. The maximum absolute atomic E-state index is 12.5. The van der Waals surface area contributed by atoms with E-state index in [0.29, 0.717) is 24.2 Å². The van der Waals surface area contributed by atoms with E-state index in [1.165, 1.54) is 0 Å². The number of benzene rings is 3. The first-order chi connectivity index (χ1) is 17.0. The molecule has 4 rings (SSSR count). The number of hydrogen-bond donors (Lipinski definition) is 4. The van der Waals surface area contributed by atoms with E-state index in [2.05, 4.69) is 21.3 Å². The topological polar surface area (TPSA) is 99.3 Å². The van der Waals surface area contributed by atoms with Crippen molar-refractivity contribution in [3.8, 4) is 0 Å². The standard InChI is InChI=1S/C28H30N4O3/c1-19-24(11-6-12-25(19)32-28(35)21-14-15-21)29-18-27(34)31-23-10-5-9-22(17-23)30-26(33)16-13-20-7-3-2-4-8-20/h2-12,17,21,29H,13-16,18H2,1H3,(H,30,33)(H,31,34)(H,32,35). The van der Waals surface area contributed by atoms with E-state index in [-0.39, 0.29) is 30.2 Å². The fourth-order valence-corrected chi connectivity index (χ4v) is 3.72. The summed E-state index contributed by atoms with van der Waals surface area (Å²) in [4.78, 5) is 36.9. The van der Waals surface area contributed by atoms with Crippen LogP contribution in [0.25, 0.3) is 0 Å². The summed E-state index contributed by atoms with van der Waals surface area (Å²) >= 11 is 0. The van der Waals surface area contributed by atoms with E-state index < -0.39 is 0 Å². The first-order valence-corrected chi connectivity index (χ1v) is 11.9. The lowest BCUT2D eigenvalue weighted by Crippen LogP contribution is -2.22. The van der Waals surface area contributed by atoms with Gasteiger partial charge in [0.1, 0.15) is 0 Å². The molecule has 1 aliphatic rings. The highest BCUT2D eigenvalue weighted by atomic mass is 16.2. The number of nitrogens with one attached hydrogen (secondary N) is 4. The minimum atomic E-state index is -0.218. The van der Waals surface area contributed by atoms with E-state index in [9.17, 15) is 14.4 Å². The lowest BCUT2D eigenvalue weighted by Gasteiger charge is -2.14. The molecule has 0 aromatic heterocycles. The van der Waals surface area contributed by atoms with Gasteiger partial charge in [-0.05, 0) is 67.6 Å². The molecule has 35 heavy (non-hydrogen) atoms. The predicted octanol–water partition coefficient (Wildman–Crippen LogP) is 4.97. The number of hydrogen-bond acceptors (Lipinski definition) is 4. The Morgan fingerprint density at radius 2 is 1.43 bits per heavy atom. The lowest BCUT2D eigenvalue weighted by molar-refractivity contribution is -0.117. The number of anilines is 4. The molecular weight excluding hydrogens is 440 g/mol. The average Bonchev–Trinajstić information content (AvgIpc) is 3.70. The first-order valence-electron chi connectivity index (χ1n) is 11.9. The smallest absolute Gasteiger partial charge is 0.243 e. The van der Waals surface area contributed by atoms with Crippen LogP contribution in [-0.4, -0.2) is 24.3 Å². The van der Waals surface area contributed by atoms with Gasteiger partial charge in [0, 0.05) is 35.1 Å². The van der Waals surface area contributed by atoms with Gasteiger partial charge in [0.15, 0.2) is 0 Å². The molecule has 0 spiro atoms. The van der Waals surface area contributed by atoms with Gasteiger partial charge in [0.2, 0.25) is 17.7 Å². The minimum Gasteiger partial charge on any atom is -0.376 e.